The predicted octanol–water partition coefficient (Wildman–Crippen LogP) is 0.109. The molecule has 0 saturated heterocycles. The van der Waals surface area contributed by atoms with Crippen molar-refractivity contribution in [2.45, 2.75) is 6.92 Å². The van der Waals surface area contributed by atoms with E-state index in [0.29, 0.717) is 11.1 Å². The molecule has 0 spiro atoms. The van der Waals surface area contributed by atoms with E-state index in [1.54, 1.807) is 54.6 Å². The van der Waals surface area contributed by atoms with E-state index in [0.717, 1.165) is 5.56 Å². The van der Waals surface area contributed by atoms with E-state index in [1.165, 1.54) is 0 Å². The van der Waals surface area contributed by atoms with E-state index in [2.05, 4.69) is 0 Å². The molecule has 0 aliphatic carbocycles. The summed E-state index contributed by atoms with van der Waals surface area (Å²) in [6.07, 6.45) is 0. The fourth-order valence-corrected chi connectivity index (χ4v) is 1.47. The third-order valence-electron chi connectivity index (χ3n) is 2.48. The second kappa shape index (κ2) is 7.24. The van der Waals surface area contributed by atoms with Crippen LogP contribution in [0.2, 0.25) is 0 Å². The van der Waals surface area contributed by atoms with Crippen molar-refractivity contribution < 1.29 is 45.3 Å². The molecule has 92 valence electrons. The molecule has 0 aromatic heterocycles. The summed E-state index contributed by atoms with van der Waals surface area (Å²) in [6.45, 7) is 1.92. The molecule has 0 aliphatic rings. The van der Waals surface area contributed by atoms with Gasteiger partial charge in [-0.3, -0.25) is 0 Å². The van der Waals surface area contributed by atoms with Gasteiger partial charge in [0.05, 0.1) is 11.1 Å². The maximum atomic E-state index is 11.7. The first-order chi connectivity index (χ1) is 8.66. The fourth-order valence-electron chi connectivity index (χ4n) is 1.47. The molecule has 19 heavy (non-hydrogen) atoms. The summed E-state index contributed by atoms with van der Waals surface area (Å²) in [5, 5.41) is 0. The molecule has 0 amide bonds. The summed E-state index contributed by atoms with van der Waals surface area (Å²) in [5.74, 6) is -1.27. The van der Waals surface area contributed by atoms with Crippen molar-refractivity contribution in [3.8, 4) is 0 Å². The zero-order valence-corrected chi connectivity index (χ0v) is 12.9. The van der Waals surface area contributed by atoms with Crippen LogP contribution >= 0.6 is 0 Å². The summed E-state index contributed by atoms with van der Waals surface area (Å²) in [5.41, 5.74) is 1.77. The van der Waals surface area contributed by atoms with E-state index in [4.69, 9.17) is 4.74 Å². The van der Waals surface area contributed by atoms with Gasteiger partial charge in [-0.05, 0) is 31.2 Å². The minimum atomic E-state index is -0.638. The van der Waals surface area contributed by atoms with E-state index < -0.39 is 11.9 Å². The molecule has 2 aromatic carbocycles. The topological polar surface area (TPSA) is 43.4 Å². The van der Waals surface area contributed by atoms with Gasteiger partial charge in [0.25, 0.3) is 0 Å². The molecule has 2 aromatic rings. The number of rotatable bonds is 2. The van der Waals surface area contributed by atoms with E-state index in [-0.39, 0.29) is 31.0 Å². The van der Waals surface area contributed by atoms with Crippen LogP contribution in [-0.2, 0) is 4.74 Å². The van der Waals surface area contributed by atoms with Gasteiger partial charge in [0.15, 0.2) is 0 Å². The van der Waals surface area contributed by atoms with Crippen LogP contribution in [0.15, 0.2) is 54.6 Å². The normalized spacial score (nSPS) is 9.32. The third kappa shape index (κ3) is 4.31. The Labute approximate surface area is 135 Å². The van der Waals surface area contributed by atoms with Gasteiger partial charge in [-0.25, -0.2) is 9.59 Å². The minimum absolute atomic E-state index is 0. The summed E-state index contributed by atoms with van der Waals surface area (Å²) in [4.78, 5) is 23.3. The van der Waals surface area contributed by atoms with E-state index in [9.17, 15) is 9.59 Å². The van der Waals surface area contributed by atoms with Crippen molar-refractivity contribution in [1.82, 2.24) is 0 Å². The van der Waals surface area contributed by atoms with Crippen LogP contribution < -0.4 is 29.6 Å². The van der Waals surface area contributed by atoms with Crippen LogP contribution in [0.5, 0.6) is 0 Å². The largest absolute Gasteiger partial charge is 1.00 e. The van der Waals surface area contributed by atoms with Gasteiger partial charge in [0, 0.05) is 0 Å². The van der Waals surface area contributed by atoms with Crippen LogP contribution in [0.4, 0.5) is 0 Å². The maximum Gasteiger partial charge on any atom is 1.00 e. The van der Waals surface area contributed by atoms with Crippen molar-refractivity contribution in [2.24, 2.45) is 0 Å². The Bertz CT molecular complexity index is 567. The molecule has 0 heterocycles. The minimum Gasteiger partial charge on any atom is -1.00 e. The first-order valence-electron chi connectivity index (χ1n) is 5.55. The standard InChI is InChI=1S/C15H12O3.Na.H/c1-11-7-9-13(10-8-11)15(17)18-14(16)12-5-3-2-4-6-12;;/h2-10H,1H3;;/q;+1;-1. The van der Waals surface area contributed by atoms with Gasteiger partial charge in [-0.1, -0.05) is 35.9 Å². The van der Waals surface area contributed by atoms with Crippen LogP contribution in [0, 0.1) is 6.92 Å². The SMILES string of the molecule is Cc1ccc(C(=O)OC(=O)c2ccccc2)cc1.[H-].[Na+]. The van der Waals surface area contributed by atoms with Gasteiger partial charge in [-0.15, -0.1) is 0 Å². The smallest absolute Gasteiger partial charge is 1.00 e. The zero-order valence-electron chi connectivity index (χ0n) is 11.9. The van der Waals surface area contributed by atoms with Gasteiger partial charge >= 0.3 is 41.5 Å². The van der Waals surface area contributed by atoms with Crippen LogP contribution in [0.3, 0.4) is 0 Å². The molecule has 0 saturated carbocycles. The Kier molecular flexibility index (Phi) is 5.96. The van der Waals surface area contributed by atoms with Crippen molar-refractivity contribution in [3.05, 3.63) is 71.3 Å². The Hall–Kier alpha value is -1.42. The van der Waals surface area contributed by atoms with Crippen LogP contribution in [0.25, 0.3) is 0 Å². The number of esters is 2. The number of hydrogen-bond acceptors (Lipinski definition) is 3. The van der Waals surface area contributed by atoms with Gasteiger partial charge in [0.2, 0.25) is 0 Å². The van der Waals surface area contributed by atoms with E-state index in [1.807, 2.05) is 6.92 Å². The number of hydrogen-bond donors (Lipinski definition) is 0. The summed E-state index contributed by atoms with van der Waals surface area (Å²) in [6, 6.07) is 15.3. The molecule has 3 nitrogen and oxygen atoms in total. The van der Waals surface area contributed by atoms with Crippen LogP contribution in [-0.4, -0.2) is 11.9 Å². The number of benzene rings is 2. The van der Waals surface area contributed by atoms with Crippen molar-refractivity contribution in [1.29, 1.82) is 0 Å². The molecular formula is C15H13NaO3. The first kappa shape index (κ1) is 15.6. The Morgan fingerprint density at radius 1 is 0.842 bits per heavy atom. The molecule has 0 fully saturated rings. The average Bonchev–Trinajstić information content (AvgIpc) is 2.40. The molecule has 2 rings (SSSR count). The molecule has 4 heteroatoms. The maximum absolute atomic E-state index is 11.7. The van der Waals surface area contributed by atoms with Crippen molar-refractivity contribution in [2.75, 3.05) is 0 Å². The molecule has 0 unspecified atom stereocenters. The second-order valence-corrected chi connectivity index (χ2v) is 3.91. The zero-order chi connectivity index (χ0) is 13.0. The molecule has 0 N–H and O–H groups in total. The number of aryl methyl sites for hydroxylation is 1. The summed E-state index contributed by atoms with van der Waals surface area (Å²) >= 11 is 0. The second-order valence-electron chi connectivity index (χ2n) is 3.91. The Morgan fingerprint density at radius 3 is 1.84 bits per heavy atom. The predicted molar refractivity (Wildman–Crippen MR) is 68.5 cm³/mol. The average molecular weight is 264 g/mol. The third-order valence-corrected chi connectivity index (χ3v) is 2.48. The molecular weight excluding hydrogens is 251 g/mol. The van der Waals surface area contributed by atoms with Crippen molar-refractivity contribution in [3.63, 3.8) is 0 Å². The fraction of sp³-hybridized carbons (Fsp3) is 0.0667. The van der Waals surface area contributed by atoms with E-state index >= 15 is 0 Å². The number of carbonyl (C=O) groups excluding carboxylic acids is 2. The molecule has 0 radical (unpaired) electrons. The molecule has 0 atom stereocenters. The first-order valence-corrected chi connectivity index (χ1v) is 5.55. The van der Waals surface area contributed by atoms with Gasteiger partial charge < -0.3 is 6.16 Å². The summed E-state index contributed by atoms with van der Waals surface area (Å²) < 4.78 is 4.78. The Balaban J connectivity index is 0.00000180. The number of carbonyl (C=O) groups is 2. The number of ether oxygens (including phenoxy) is 1. The molecule has 0 bridgehead atoms. The van der Waals surface area contributed by atoms with Gasteiger partial charge in [-0.2, -0.15) is 0 Å². The van der Waals surface area contributed by atoms with Gasteiger partial charge in [0.1, 0.15) is 0 Å². The van der Waals surface area contributed by atoms with Crippen molar-refractivity contribution >= 4 is 11.9 Å². The quantitative estimate of drug-likeness (QED) is 0.439. The summed E-state index contributed by atoms with van der Waals surface area (Å²) in [7, 11) is 0. The monoisotopic (exact) mass is 264 g/mol. The molecule has 0 aliphatic heterocycles. The van der Waals surface area contributed by atoms with Crippen LogP contribution in [0.1, 0.15) is 27.7 Å². The Morgan fingerprint density at radius 2 is 1.32 bits per heavy atom.